The Morgan fingerprint density at radius 1 is 0.917 bits per heavy atom. The van der Waals surface area contributed by atoms with Gasteiger partial charge in [0.25, 0.3) is 11.8 Å². The van der Waals surface area contributed by atoms with E-state index in [1.165, 1.54) is 30.0 Å². The number of halogens is 3. The minimum atomic E-state index is -1.12. The lowest BCUT2D eigenvalue weighted by molar-refractivity contribution is 0.0755. The Morgan fingerprint density at radius 2 is 1.58 bits per heavy atom. The first-order valence-corrected chi connectivity index (χ1v) is 16.2. The van der Waals surface area contributed by atoms with Crippen molar-refractivity contribution in [2.24, 2.45) is 0 Å². The van der Waals surface area contributed by atoms with E-state index in [1.54, 1.807) is 24.0 Å². The minimum Gasteiger partial charge on any atom is -0.390 e. The van der Waals surface area contributed by atoms with Gasteiger partial charge in [-0.1, -0.05) is 50.2 Å². The van der Waals surface area contributed by atoms with Crippen LogP contribution in [0.25, 0.3) is 11.1 Å². The van der Waals surface area contributed by atoms with E-state index in [-0.39, 0.29) is 42.4 Å². The van der Waals surface area contributed by atoms with Gasteiger partial charge >= 0.3 is 0 Å². The Hall–Kier alpha value is -4.12. The minimum absolute atomic E-state index is 0. The highest BCUT2D eigenvalue weighted by Gasteiger charge is 2.25. The van der Waals surface area contributed by atoms with Gasteiger partial charge in [0, 0.05) is 48.9 Å². The van der Waals surface area contributed by atoms with Crippen molar-refractivity contribution in [2.45, 2.75) is 72.1 Å². The number of hydrogen-bond acceptors (Lipinski definition) is 6. The molecule has 258 valence electrons. The van der Waals surface area contributed by atoms with Gasteiger partial charge in [-0.3, -0.25) is 9.59 Å². The smallest absolute Gasteiger partial charge is 0.253 e. The van der Waals surface area contributed by atoms with Crippen LogP contribution in [0.2, 0.25) is 0 Å². The van der Waals surface area contributed by atoms with Crippen LogP contribution in [0.1, 0.15) is 76.7 Å². The standard InChI is InChI=1S/C37H44F2N4O4.ClH/c1-5-11-43(12-6-2)37(46)30-18-28(33-23-47-42-24(33)4)17-29(19-30)36(45)41-34(16-27-14-31(38)20-32(39)15-27)35(44)22-40-21-26-10-8-9-25(7-3)13-26;/h8-10,13-15,17-20,23,34-35,40,44H,5-7,11-12,16,21-22H2,1-4H3,(H,41,45);1H/t34-,35+;/m0./s1. The van der Waals surface area contributed by atoms with E-state index in [0.29, 0.717) is 42.0 Å². The molecule has 0 unspecified atom stereocenters. The average molecular weight is 683 g/mol. The normalized spacial score (nSPS) is 12.2. The number of carbonyl (C=O) groups is 2. The molecule has 4 aromatic rings. The molecule has 2 amide bonds. The number of amides is 2. The van der Waals surface area contributed by atoms with Crippen molar-refractivity contribution < 1.29 is 28.0 Å². The number of benzene rings is 3. The summed E-state index contributed by atoms with van der Waals surface area (Å²) >= 11 is 0. The van der Waals surface area contributed by atoms with Crippen LogP contribution in [0.4, 0.5) is 8.78 Å². The SMILES string of the molecule is CCCN(CCC)C(=O)c1cc(C(=O)N[C@@H](Cc2cc(F)cc(F)c2)[C@H](O)CNCc2cccc(CC)c2)cc(-c2conc2C)c1.Cl. The zero-order valence-corrected chi connectivity index (χ0v) is 28.7. The first-order valence-electron chi connectivity index (χ1n) is 16.2. The van der Waals surface area contributed by atoms with E-state index in [9.17, 15) is 23.5 Å². The second-order valence-corrected chi connectivity index (χ2v) is 11.8. The molecule has 0 aliphatic rings. The van der Waals surface area contributed by atoms with Gasteiger partial charge in [-0.15, -0.1) is 12.4 Å². The largest absolute Gasteiger partial charge is 0.390 e. The molecule has 11 heteroatoms. The first kappa shape index (κ1) is 38.3. The molecule has 0 saturated carbocycles. The summed E-state index contributed by atoms with van der Waals surface area (Å²) in [6, 6.07) is 15.2. The highest BCUT2D eigenvalue weighted by atomic mass is 35.5. The molecule has 0 saturated heterocycles. The summed E-state index contributed by atoms with van der Waals surface area (Å²) in [5, 5.41) is 21.4. The van der Waals surface area contributed by atoms with E-state index in [4.69, 9.17) is 4.52 Å². The molecule has 3 aromatic carbocycles. The summed E-state index contributed by atoms with van der Waals surface area (Å²) in [7, 11) is 0. The van der Waals surface area contributed by atoms with Gasteiger partial charge in [-0.25, -0.2) is 8.78 Å². The highest BCUT2D eigenvalue weighted by molar-refractivity contribution is 6.01. The zero-order chi connectivity index (χ0) is 33.9. The molecule has 0 radical (unpaired) electrons. The van der Waals surface area contributed by atoms with Crippen LogP contribution >= 0.6 is 12.4 Å². The van der Waals surface area contributed by atoms with Gasteiger partial charge in [0.2, 0.25) is 0 Å². The van der Waals surface area contributed by atoms with Gasteiger partial charge in [0.1, 0.15) is 17.9 Å². The molecule has 8 nitrogen and oxygen atoms in total. The molecular weight excluding hydrogens is 638 g/mol. The van der Waals surface area contributed by atoms with Gasteiger partial charge in [0.05, 0.1) is 17.8 Å². The number of rotatable bonds is 16. The van der Waals surface area contributed by atoms with Crippen LogP contribution in [0.5, 0.6) is 0 Å². The maximum atomic E-state index is 14.1. The lowest BCUT2D eigenvalue weighted by Gasteiger charge is -2.26. The van der Waals surface area contributed by atoms with E-state index >= 15 is 0 Å². The van der Waals surface area contributed by atoms with Gasteiger partial charge < -0.3 is 25.2 Å². The molecule has 1 aromatic heterocycles. The maximum absolute atomic E-state index is 14.1. The molecule has 2 atom stereocenters. The summed E-state index contributed by atoms with van der Waals surface area (Å²) in [6.07, 6.45) is 2.77. The summed E-state index contributed by atoms with van der Waals surface area (Å²) < 4.78 is 33.4. The fraction of sp³-hybridized carbons (Fsp3) is 0.378. The number of aliphatic hydroxyl groups is 1. The number of carbonyl (C=O) groups excluding carboxylic acids is 2. The Morgan fingerprint density at radius 3 is 2.21 bits per heavy atom. The average Bonchev–Trinajstić information content (AvgIpc) is 3.49. The van der Waals surface area contributed by atoms with Gasteiger partial charge in [-0.2, -0.15) is 0 Å². The molecule has 48 heavy (non-hydrogen) atoms. The molecule has 0 spiro atoms. The van der Waals surface area contributed by atoms with E-state index in [1.807, 2.05) is 32.0 Å². The quantitative estimate of drug-likeness (QED) is 0.122. The van der Waals surface area contributed by atoms with E-state index in [0.717, 1.165) is 30.9 Å². The Balaban J connectivity index is 0.00000625. The number of aliphatic hydroxyl groups excluding tert-OH is 1. The van der Waals surface area contributed by atoms with Crippen LogP contribution in [0.3, 0.4) is 0 Å². The molecule has 4 rings (SSSR count). The van der Waals surface area contributed by atoms with Crippen molar-refractivity contribution in [1.29, 1.82) is 0 Å². The number of nitrogens with one attached hydrogen (secondary N) is 2. The van der Waals surface area contributed by atoms with Crippen LogP contribution in [-0.4, -0.2) is 58.8 Å². The van der Waals surface area contributed by atoms with Crippen molar-refractivity contribution >= 4 is 24.2 Å². The second-order valence-electron chi connectivity index (χ2n) is 11.8. The van der Waals surface area contributed by atoms with Crippen molar-refractivity contribution in [3.63, 3.8) is 0 Å². The molecular formula is C37H45ClF2N4O4. The van der Waals surface area contributed by atoms with Crippen LogP contribution in [0, 0.1) is 18.6 Å². The van der Waals surface area contributed by atoms with Crippen LogP contribution < -0.4 is 10.6 Å². The predicted octanol–water partition coefficient (Wildman–Crippen LogP) is 6.67. The Bertz CT molecular complexity index is 1640. The third-order valence-corrected chi connectivity index (χ3v) is 8.02. The lowest BCUT2D eigenvalue weighted by atomic mass is 9.97. The molecule has 1 heterocycles. The molecule has 0 aliphatic carbocycles. The Labute approximate surface area is 287 Å². The predicted molar refractivity (Wildman–Crippen MR) is 185 cm³/mol. The molecule has 3 N–H and O–H groups in total. The number of aryl methyl sites for hydroxylation is 2. The van der Waals surface area contributed by atoms with Gasteiger partial charge in [0.15, 0.2) is 0 Å². The monoisotopic (exact) mass is 682 g/mol. The molecule has 0 aliphatic heterocycles. The first-order chi connectivity index (χ1) is 22.6. The topological polar surface area (TPSA) is 108 Å². The fourth-order valence-corrected chi connectivity index (χ4v) is 5.63. The Kier molecular flexibility index (Phi) is 14.7. The number of hydrogen-bond donors (Lipinski definition) is 3. The van der Waals surface area contributed by atoms with Crippen molar-refractivity contribution in [1.82, 2.24) is 20.7 Å². The summed E-state index contributed by atoms with van der Waals surface area (Å²) in [5.41, 5.74) is 4.84. The zero-order valence-electron chi connectivity index (χ0n) is 27.9. The van der Waals surface area contributed by atoms with E-state index in [2.05, 4.69) is 28.8 Å². The van der Waals surface area contributed by atoms with Crippen LogP contribution in [-0.2, 0) is 19.4 Å². The van der Waals surface area contributed by atoms with Crippen molar-refractivity contribution in [2.75, 3.05) is 19.6 Å². The molecule has 0 fully saturated rings. The lowest BCUT2D eigenvalue weighted by Crippen LogP contribution is -2.48. The number of nitrogens with zero attached hydrogens (tertiary/aromatic N) is 2. The third-order valence-electron chi connectivity index (χ3n) is 8.02. The summed E-state index contributed by atoms with van der Waals surface area (Å²) in [4.78, 5) is 29.3. The summed E-state index contributed by atoms with van der Waals surface area (Å²) in [5.74, 6) is -2.26. The highest BCUT2D eigenvalue weighted by Crippen LogP contribution is 2.26. The van der Waals surface area contributed by atoms with Crippen LogP contribution in [0.15, 0.2) is 71.4 Å². The third kappa shape index (κ3) is 10.4. The van der Waals surface area contributed by atoms with E-state index < -0.39 is 29.7 Å². The summed E-state index contributed by atoms with van der Waals surface area (Å²) in [6.45, 7) is 9.57. The maximum Gasteiger partial charge on any atom is 0.253 e. The fourth-order valence-electron chi connectivity index (χ4n) is 5.63. The van der Waals surface area contributed by atoms with Crippen molar-refractivity contribution in [3.8, 4) is 11.1 Å². The van der Waals surface area contributed by atoms with Gasteiger partial charge in [-0.05, 0) is 85.2 Å². The molecule has 0 bridgehead atoms. The van der Waals surface area contributed by atoms with Crippen molar-refractivity contribution in [3.05, 3.63) is 112 Å². The second kappa shape index (κ2) is 18.4. The number of aromatic nitrogens is 1.